The van der Waals surface area contributed by atoms with Gasteiger partial charge in [-0.3, -0.25) is 4.90 Å². The second-order valence-electron chi connectivity index (χ2n) is 5.05. The Kier molecular flexibility index (Phi) is 8.36. The smallest absolute Gasteiger partial charge is 0.338 e. The molecule has 124 valence electrons. The molecule has 1 aromatic carbocycles. The summed E-state index contributed by atoms with van der Waals surface area (Å²) in [5.41, 5.74) is 0.468. The van der Waals surface area contributed by atoms with Gasteiger partial charge in [-0.15, -0.1) is 0 Å². The van der Waals surface area contributed by atoms with Gasteiger partial charge in [-0.1, -0.05) is 13.8 Å². The minimum absolute atomic E-state index is 0.339. The minimum Gasteiger partial charge on any atom is -0.493 e. The second kappa shape index (κ2) is 10.1. The number of hydrogen-bond acceptors (Lipinski definition) is 5. The monoisotopic (exact) mass is 309 g/mol. The highest BCUT2D eigenvalue weighted by molar-refractivity contribution is 5.90. The third kappa shape index (κ3) is 5.56. The van der Waals surface area contributed by atoms with Crippen molar-refractivity contribution >= 4 is 5.97 Å². The summed E-state index contributed by atoms with van der Waals surface area (Å²) in [4.78, 5) is 14.4. The van der Waals surface area contributed by atoms with Crippen LogP contribution in [0.4, 0.5) is 0 Å². The van der Waals surface area contributed by atoms with Crippen LogP contribution in [0.25, 0.3) is 0 Å². The van der Waals surface area contributed by atoms with E-state index in [0.717, 1.165) is 32.5 Å². The normalized spacial score (nSPS) is 10.6. The van der Waals surface area contributed by atoms with Crippen molar-refractivity contribution < 1.29 is 19.0 Å². The molecule has 5 heteroatoms. The van der Waals surface area contributed by atoms with Crippen LogP contribution in [0.5, 0.6) is 11.5 Å². The number of carbonyl (C=O) groups is 1. The molecule has 0 N–H and O–H groups in total. The summed E-state index contributed by atoms with van der Waals surface area (Å²) in [5, 5.41) is 0. The van der Waals surface area contributed by atoms with Crippen molar-refractivity contribution in [3.8, 4) is 11.5 Å². The summed E-state index contributed by atoms with van der Waals surface area (Å²) in [6, 6.07) is 5.02. The number of benzene rings is 1. The Labute approximate surface area is 133 Å². The third-order valence-corrected chi connectivity index (χ3v) is 3.34. The SMILES string of the molecule is CCCN(CCC)CCOC(=O)c1ccc(OC)c(OC)c1. The molecule has 0 radical (unpaired) electrons. The van der Waals surface area contributed by atoms with Crippen molar-refractivity contribution in [1.82, 2.24) is 4.90 Å². The van der Waals surface area contributed by atoms with E-state index < -0.39 is 0 Å². The zero-order valence-electron chi connectivity index (χ0n) is 14.1. The molecule has 1 rings (SSSR count). The lowest BCUT2D eigenvalue weighted by Crippen LogP contribution is -2.30. The van der Waals surface area contributed by atoms with E-state index in [1.54, 1.807) is 32.4 Å². The fourth-order valence-electron chi connectivity index (χ4n) is 2.28. The Morgan fingerprint density at radius 3 is 2.18 bits per heavy atom. The molecule has 0 spiro atoms. The van der Waals surface area contributed by atoms with Crippen molar-refractivity contribution in [3.05, 3.63) is 23.8 Å². The lowest BCUT2D eigenvalue weighted by Gasteiger charge is -2.20. The first kappa shape index (κ1) is 18.3. The highest BCUT2D eigenvalue weighted by atomic mass is 16.5. The van der Waals surface area contributed by atoms with Gasteiger partial charge in [-0.05, 0) is 44.1 Å². The first-order valence-corrected chi connectivity index (χ1v) is 7.77. The van der Waals surface area contributed by atoms with Gasteiger partial charge < -0.3 is 14.2 Å². The van der Waals surface area contributed by atoms with Crippen LogP contribution < -0.4 is 9.47 Å². The fraction of sp³-hybridized carbons (Fsp3) is 0.588. The van der Waals surface area contributed by atoms with Gasteiger partial charge in [-0.25, -0.2) is 4.79 Å². The molecule has 0 aliphatic rings. The average molecular weight is 309 g/mol. The zero-order chi connectivity index (χ0) is 16.4. The van der Waals surface area contributed by atoms with Crippen LogP contribution in [0.15, 0.2) is 18.2 Å². The van der Waals surface area contributed by atoms with Gasteiger partial charge >= 0.3 is 5.97 Å². The van der Waals surface area contributed by atoms with E-state index >= 15 is 0 Å². The van der Waals surface area contributed by atoms with Crippen molar-refractivity contribution in [2.75, 3.05) is 40.5 Å². The van der Waals surface area contributed by atoms with Gasteiger partial charge in [-0.2, -0.15) is 0 Å². The molecule has 0 aliphatic heterocycles. The number of ether oxygens (including phenoxy) is 3. The highest BCUT2D eigenvalue weighted by Crippen LogP contribution is 2.27. The van der Waals surface area contributed by atoms with Gasteiger partial charge in [0.2, 0.25) is 0 Å². The largest absolute Gasteiger partial charge is 0.493 e. The first-order valence-electron chi connectivity index (χ1n) is 7.77. The van der Waals surface area contributed by atoms with Crippen molar-refractivity contribution in [2.24, 2.45) is 0 Å². The van der Waals surface area contributed by atoms with E-state index in [4.69, 9.17) is 14.2 Å². The van der Waals surface area contributed by atoms with Crippen LogP contribution in [-0.2, 0) is 4.74 Å². The molecule has 0 saturated heterocycles. The van der Waals surface area contributed by atoms with E-state index in [2.05, 4.69) is 18.7 Å². The van der Waals surface area contributed by atoms with E-state index in [1.807, 2.05) is 0 Å². The van der Waals surface area contributed by atoms with Gasteiger partial charge in [0.1, 0.15) is 6.61 Å². The molecular weight excluding hydrogens is 282 g/mol. The Balaban J connectivity index is 2.54. The predicted octanol–water partition coefficient (Wildman–Crippen LogP) is 2.98. The second-order valence-corrected chi connectivity index (χ2v) is 5.05. The number of esters is 1. The van der Waals surface area contributed by atoms with Gasteiger partial charge in [0.15, 0.2) is 11.5 Å². The molecule has 0 bridgehead atoms. The lowest BCUT2D eigenvalue weighted by molar-refractivity contribution is 0.0461. The Bertz CT molecular complexity index is 456. The topological polar surface area (TPSA) is 48.0 Å². The van der Waals surface area contributed by atoms with Crippen molar-refractivity contribution in [3.63, 3.8) is 0 Å². The molecule has 0 heterocycles. The quantitative estimate of drug-likeness (QED) is 0.622. The predicted molar refractivity (Wildman–Crippen MR) is 86.9 cm³/mol. The molecule has 1 aromatic rings. The molecule has 0 amide bonds. The molecule has 0 fully saturated rings. The van der Waals surface area contributed by atoms with E-state index in [0.29, 0.717) is 23.7 Å². The van der Waals surface area contributed by atoms with Crippen LogP contribution in [0, 0.1) is 0 Å². The van der Waals surface area contributed by atoms with Crippen molar-refractivity contribution in [1.29, 1.82) is 0 Å². The first-order chi connectivity index (χ1) is 10.7. The third-order valence-electron chi connectivity index (χ3n) is 3.34. The molecule has 0 unspecified atom stereocenters. The molecule has 22 heavy (non-hydrogen) atoms. The summed E-state index contributed by atoms with van der Waals surface area (Å²) in [7, 11) is 3.10. The molecular formula is C17H27NO4. The highest BCUT2D eigenvalue weighted by Gasteiger charge is 2.12. The summed E-state index contributed by atoms with van der Waals surface area (Å²) in [6.45, 7) is 7.52. The van der Waals surface area contributed by atoms with Gasteiger partial charge in [0.05, 0.1) is 19.8 Å². The van der Waals surface area contributed by atoms with Gasteiger partial charge in [0.25, 0.3) is 0 Å². The zero-order valence-corrected chi connectivity index (χ0v) is 14.1. The Morgan fingerprint density at radius 1 is 1.00 bits per heavy atom. The molecule has 0 aliphatic carbocycles. The molecule has 5 nitrogen and oxygen atoms in total. The summed E-state index contributed by atoms with van der Waals surface area (Å²) in [5.74, 6) is 0.778. The maximum absolute atomic E-state index is 12.1. The van der Waals surface area contributed by atoms with Crippen LogP contribution in [0.2, 0.25) is 0 Å². The van der Waals surface area contributed by atoms with E-state index in [9.17, 15) is 4.79 Å². The van der Waals surface area contributed by atoms with Crippen molar-refractivity contribution in [2.45, 2.75) is 26.7 Å². The number of nitrogens with zero attached hydrogens (tertiary/aromatic N) is 1. The van der Waals surface area contributed by atoms with Gasteiger partial charge in [0, 0.05) is 6.54 Å². The van der Waals surface area contributed by atoms with Crippen LogP contribution in [0.1, 0.15) is 37.0 Å². The van der Waals surface area contributed by atoms with E-state index in [1.165, 1.54) is 0 Å². The number of carbonyl (C=O) groups excluding carboxylic acids is 1. The standard InChI is InChI=1S/C17H27NO4/c1-5-9-18(10-6-2)11-12-22-17(19)14-7-8-15(20-3)16(13-14)21-4/h7-8,13H,5-6,9-12H2,1-4H3. The maximum Gasteiger partial charge on any atom is 0.338 e. The maximum atomic E-state index is 12.1. The average Bonchev–Trinajstić information content (AvgIpc) is 2.54. The number of rotatable bonds is 10. The van der Waals surface area contributed by atoms with Crippen LogP contribution in [-0.4, -0.2) is 51.3 Å². The van der Waals surface area contributed by atoms with Crippen LogP contribution in [0.3, 0.4) is 0 Å². The molecule has 0 aromatic heterocycles. The summed E-state index contributed by atoms with van der Waals surface area (Å²) >= 11 is 0. The molecule has 0 saturated carbocycles. The Morgan fingerprint density at radius 2 is 1.64 bits per heavy atom. The van der Waals surface area contributed by atoms with Crippen LogP contribution >= 0.6 is 0 Å². The summed E-state index contributed by atoms with van der Waals surface area (Å²) < 4.78 is 15.7. The Hall–Kier alpha value is -1.75. The summed E-state index contributed by atoms with van der Waals surface area (Å²) in [6.07, 6.45) is 2.20. The minimum atomic E-state index is -0.339. The number of hydrogen-bond donors (Lipinski definition) is 0. The fourth-order valence-corrected chi connectivity index (χ4v) is 2.28. The molecule has 0 atom stereocenters. The van der Waals surface area contributed by atoms with E-state index in [-0.39, 0.29) is 5.97 Å². The number of methoxy groups -OCH3 is 2. The lowest BCUT2D eigenvalue weighted by atomic mass is 10.2.